The van der Waals surface area contributed by atoms with Gasteiger partial charge in [-0.1, -0.05) is 61.4 Å². The molecule has 0 bridgehead atoms. The molecule has 0 aromatic heterocycles. The van der Waals surface area contributed by atoms with Gasteiger partial charge in [0.2, 0.25) is 11.8 Å². The van der Waals surface area contributed by atoms with Crippen LogP contribution in [0.2, 0.25) is 0 Å². The van der Waals surface area contributed by atoms with Crippen molar-refractivity contribution >= 4 is 36.2 Å². The quantitative estimate of drug-likeness (QED) is 0.160. The predicted octanol–water partition coefficient (Wildman–Crippen LogP) is 4.77. The first-order chi connectivity index (χ1) is 22.2. The number of aromatic hydroxyl groups is 1. The third-order valence-corrected chi connectivity index (χ3v) is 9.23. The van der Waals surface area contributed by atoms with Gasteiger partial charge in [-0.3, -0.25) is 14.5 Å². The molecule has 238 valence electrons. The summed E-state index contributed by atoms with van der Waals surface area (Å²) < 4.78 is 26.6. The SMILES string of the molecule is CCC/C(=C\c1ccc(O)c(F)c1)CC[C@H]1OC[C@H]2C1=C(COc1ccccc1)C[C@H]1C(=O)N(c3cccc(B(O)O)c3)C(=O)[C@H]12. The zero-order valence-electron chi connectivity index (χ0n) is 25.6. The van der Waals surface area contributed by atoms with Crippen molar-refractivity contribution in [3.63, 3.8) is 0 Å². The van der Waals surface area contributed by atoms with Gasteiger partial charge in [0.1, 0.15) is 12.4 Å². The number of phenolic OH excluding ortho intramolecular Hbond substituents is 1. The van der Waals surface area contributed by atoms with Crippen molar-refractivity contribution in [2.75, 3.05) is 18.1 Å². The van der Waals surface area contributed by atoms with Crippen LogP contribution in [-0.4, -0.2) is 53.4 Å². The van der Waals surface area contributed by atoms with Crippen molar-refractivity contribution in [1.82, 2.24) is 0 Å². The molecule has 6 rings (SSSR count). The molecule has 0 saturated carbocycles. The summed E-state index contributed by atoms with van der Waals surface area (Å²) in [5.74, 6) is -2.44. The summed E-state index contributed by atoms with van der Waals surface area (Å²) >= 11 is 0. The molecule has 3 N–H and O–H groups in total. The van der Waals surface area contributed by atoms with Crippen LogP contribution in [0.1, 0.15) is 44.6 Å². The molecule has 2 heterocycles. The van der Waals surface area contributed by atoms with Crippen LogP contribution in [-0.2, 0) is 14.3 Å². The molecule has 0 unspecified atom stereocenters. The highest BCUT2D eigenvalue weighted by molar-refractivity contribution is 6.58. The predicted molar refractivity (Wildman–Crippen MR) is 173 cm³/mol. The van der Waals surface area contributed by atoms with Crippen molar-refractivity contribution in [2.45, 2.75) is 45.1 Å². The topological polar surface area (TPSA) is 117 Å². The summed E-state index contributed by atoms with van der Waals surface area (Å²) in [5.41, 5.74) is 4.29. The maximum Gasteiger partial charge on any atom is 0.488 e. The minimum absolute atomic E-state index is 0.194. The summed E-state index contributed by atoms with van der Waals surface area (Å²) in [6.07, 6.45) is 5.09. The fourth-order valence-corrected chi connectivity index (χ4v) is 7.13. The second kappa shape index (κ2) is 13.6. The van der Waals surface area contributed by atoms with Crippen LogP contribution >= 0.6 is 0 Å². The standard InChI is InChI=1S/C36H37BFNO7/c1-2-7-22(16-23-12-14-31(40)30(38)17-23)13-15-32-33-24(20-45-27-10-4-3-5-11-27)18-28-34(29(33)21-46-32)36(42)39(35(28)41)26-9-6-8-25(19-26)37(43)44/h3-6,8-12,14,16-17,19,28-29,32,34,40,43-44H,2,7,13,15,18,20-21H2,1H3/b22-16+/t28-,29+,32-,34-/m1/s1. The number of amides is 2. The van der Waals surface area contributed by atoms with Gasteiger partial charge in [0.05, 0.1) is 30.2 Å². The van der Waals surface area contributed by atoms with Crippen LogP contribution in [0, 0.1) is 23.6 Å². The number of imide groups is 1. The van der Waals surface area contributed by atoms with E-state index in [-0.39, 0.29) is 41.7 Å². The molecule has 4 atom stereocenters. The van der Waals surface area contributed by atoms with E-state index in [9.17, 15) is 29.1 Å². The Morgan fingerprint density at radius 1 is 1.02 bits per heavy atom. The molecule has 0 spiro atoms. The summed E-state index contributed by atoms with van der Waals surface area (Å²) in [6, 6.07) is 20.0. The number of hydrogen-bond donors (Lipinski definition) is 3. The van der Waals surface area contributed by atoms with Gasteiger partial charge in [-0.2, -0.15) is 0 Å². The Bertz CT molecular complexity index is 1670. The summed E-state index contributed by atoms with van der Waals surface area (Å²) in [4.78, 5) is 29.0. The molecular formula is C36H37BFNO7. The Hall–Kier alpha value is -4.25. The summed E-state index contributed by atoms with van der Waals surface area (Å²) in [5, 5.41) is 29.0. The highest BCUT2D eigenvalue weighted by Crippen LogP contribution is 2.50. The number of fused-ring (bicyclic) bond motifs is 3. The zero-order valence-corrected chi connectivity index (χ0v) is 25.6. The smallest absolute Gasteiger partial charge is 0.488 e. The van der Waals surface area contributed by atoms with Gasteiger partial charge in [-0.05, 0) is 84.3 Å². The lowest BCUT2D eigenvalue weighted by atomic mass is 9.69. The van der Waals surface area contributed by atoms with Crippen LogP contribution < -0.4 is 15.1 Å². The van der Waals surface area contributed by atoms with E-state index in [0.29, 0.717) is 42.9 Å². The maximum absolute atomic E-state index is 14.0. The maximum atomic E-state index is 14.0. The van der Waals surface area contributed by atoms with Crippen LogP contribution in [0.3, 0.4) is 0 Å². The van der Waals surface area contributed by atoms with Crippen LogP contribution in [0.25, 0.3) is 6.08 Å². The number of phenols is 1. The number of anilines is 1. The Morgan fingerprint density at radius 2 is 1.83 bits per heavy atom. The molecule has 2 amide bonds. The number of nitrogens with zero attached hydrogens (tertiary/aromatic N) is 1. The van der Waals surface area contributed by atoms with Gasteiger partial charge in [-0.15, -0.1) is 0 Å². The first-order valence-corrected chi connectivity index (χ1v) is 15.8. The third kappa shape index (κ3) is 6.38. The molecule has 10 heteroatoms. The molecule has 8 nitrogen and oxygen atoms in total. The Kier molecular flexibility index (Phi) is 9.40. The molecule has 3 aromatic carbocycles. The molecule has 3 aliphatic rings. The van der Waals surface area contributed by atoms with E-state index in [4.69, 9.17) is 9.47 Å². The van der Waals surface area contributed by atoms with Crippen molar-refractivity contribution in [1.29, 1.82) is 0 Å². The van der Waals surface area contributed by atoms with Gasteiger partial charge in [0.25, 0.3) is 0 Å². The Labute approximate surface area is 267 Å². The lowest BCUT2D eigenvalue weighted by molar-refractivity contribution is -0.122. The monoisotopic (exact) mass is 625 g/mol. The van der Waals surface area contributed by atoms with E-state index in [1.807, 2.05) is 36.4 Å². The number of hydrogen-bond acceptors (Lipinski definition) is 7. The zero-order chi connectivity index (χ0) is 32.4. The molecule has 3 aromatic rings. The van der Waals surface area contributed by atoms with Crippen LogP contribution in [0.5, 0.6) is 11.5 Å². The van der Waals surface area contributed by atoms with Crippen LogP contribution in [0.4, 0.5) is 10.1 Å². The lowest BCUT2D eigenvalue weighted by Gasteiger charge is -2.31. The van der Waals surface area contributed by atoms with Gasteiger partial charge >= 0.3 is 7.12 Å². The second-order valence-electron chi connectivity index (χ2n) is 12.2. The molecule has 2 fully saturated rings. The van der Waals surface area contributed by atoms with E-state index in [0.717, 1.165) is 29.6 Å². The molecule has 1 aliphatic carbocycles. The van der Waals surface area contributed by atoms with Gasteiger partial charge in [0, 0.05) is 5.92 Å². The number of halogens is 1. The molecule has 0 radical (unpaired) electrons. The minimum atomic E-state index is -1.73. The van der Waals surface area contributed by atoms with Crippen molar-refractivity contribution in [2.24, 2.45) is 17.8 Å². The van der Waals surface area contributed by atoms with Gasteiger partial charge < -0.3 is 24.6 Å². The lowest BCUT2D eigenvalue weighted by Crippen LogP contribution is -2.36. The van der Waals surface area contributed by atoms with E-state index in [1.54, 1.807) is 18.2 Å². The number of carbonyl (C=O) groups excluding carboxylic acids is 2. The molecule has 46 heavy (non-hydrogen) atoms. The van der Waals surface area contributed by atoms with E-state index < -0.39 is 24.8 Å². The highest BCUT2D eigenvalue weighted by atomic mass is 19.1. The van der Waals surface area contributed by atoms with E-state index in [2.05, 4.69) is 6.92 Å². The number of rotatable bonds is 11. The fourth-order valence-electron chi connectivity index (χ4n) is 7.13. The van der Waals surface area contributed by atoms with Crippen molar-refractivity contribution in [3.05, 3.63) is 101 Å². The molecule has 2 aliphatic heterocycles. The number of carbonyl (C=O) groups is 2. The second-order valence-corrected chi connectivity index (χ2v) is 12.2. The van der Waals surface area contributed by atoms with E-state index >= 15 is 0 Å². The Balaban J connectivity index is 1.29. The molecular weight excluding hydrogens is 588 g/mol. The largest absolute Gasteiger partial charge is 0.505 e. The average Bonchev–Trinajstić information content (AvgIpc) is 3.59. The minimum Gasteiger partial charge on any atom is -0.505 e. The first kappa shape index (κ1) is 31.7. The third-order valence-electron chi connectivity index (χ3n) is 9.23. The normalized spacial score (nSPS) is 22.7. The highest BCUT2D eigenvalue weighted by Gasteiger charge is 2.57. The van der Waals surface area contributed by atoms with Crippen LogP contribution in [0.15, 0.2) is 89.5 Å². The number of para-hydroxylation sites is 1. The molecule has 2 saturated heterocycles. The summed E-state index contributed by atoms with van der Waals surface area (Å²) in [6.45, 7) is 2.65. The number of ether oxygens (including phenoxy) is 2. The first-order valence-electron chi connectivity index (χ1n) is 15.8. The summed E-state index contributed by atoms with van der Waals surface area (Å²) in [7, 11) is -1.73. The van der Waals surface area contributed by atoms with Gasteiger partial charge in [0.15, 0.2) is 11.6 Å². The number of allylic oxidation sites excluding steroid dienone is 1. The Morgan fingerprint density at radius 3 is 2.57 bits per heavy atom. The van der Waals surface area contributed by atoms with Gasteiger partial charge in [-0.25, -0.2) is 4.39 Å². The average molecular weight is 626 g/mol. The number of benzene rings is 3. The fraction of sp³-hybridized carbons (Fsp3) is 0.333. The van der Waals surface area contributed by atoms with E-state index in [1.165, 1.54) is 29.2 Å². The van der Waals surface area contributed by atoms with Crippen molar-refractivity contribution < 1.29 is 38.6 Å². The van der Waals surface area contributed by atoms with Crippen molar-refractivity contribution in [3.8, 4) is 11.5 Å².